The molecule has 0 atom stereocenters. The van der Waals surface area contributed by atoms with E-state index in [4.69, 9.17) is 9.47 Å². The van der Waals surface area contributed by atoms with E-state index >= 15 is 0 Å². The van der Waals surface area contributed by atoms with Gasteiger partial charge in [-0.3, -0.25) is 0 Å². The van der Waals surface area contributed by atoms with E-state index in [0.717, 1.165) is 11.9 Å². The van der Waals surface area contributed by atoms with Crippen LogP contribution in [-0.4, -0.2) is 47.1 Å². The number of rotatable bonds is 6. The van der Waals surface area contributed by atoms with Gasteiger partial charge in [0.15, 0.2) is 0 Å². The van der Waals surface area contributed by atoms with E-state index in [1.807, 2.05) is 0 Å². The third kappa shape index (κ3) is 2.96. The molecule has 94 valence electrons. The Kier molecular flexibility index (Phi) is 3.98. The molecule has 0 radical (unpaired) electrons. The van der Waals surface area contributed by atoms with Crippen molar-refractivity contribution in [2.24, 2.45) is 0 Å². The van der Waals surface area contributed by atoms with Crippen molar-refractivity contribution in [1.82, 2.24) is 15.0 Å². The Morgan fingerprint density at radius 1 is 1.18 bits per heavy atom. The summed E-state index contributed by atoms with van der Waals surface area (Å²) in [5.74, 6) is 0.621. The summed E-state index contributed by atoms with van der Waals surface area (Å²) in [6.45, 7) is 0.862. The van der Waals surface area contributed by atoms with E-state index in [1.165, 1.54) is 27.1 Å². The summed E-state index contributed by atoms with van der Waals surface area (Å²) in [6, 6.07) is 1.10. The molecule has 6 nitrogen and oxygen atoms in total. The molecular weight excluding hydrogens is 288 g/mol. The van der Waals surface area contributed by atoms with Crippen LogP contribution in [0.5, 0.6) is 12.0 Å². The van der Waals surface area contributed by atoms with E-state index in [9.17, 15) is 0 Å². The number of hydrogen-bond donors (Lipinski definition) is 0. The van der Waals surface area contributed by atoms with Crippen molar-refractivity contribution in [3.05, 3.63) is 0 Å². The minimum absolute atomic E-state index is 0.284. The molecule has 7 heteroatoms. The van der Waals surface area contributed by atoms with Gasteiger partial charge in [-0.05, 0) is 12.8 Å². The molecule has 17 heavy (non-hydrogen) atoms. The molecule has 0 aromatic carbocycles. The Balaban J connectivity index is 2.27. The maximum atomic E-state index is 5.05. The lowest BCUT2D eigenvalue weighted by Crippen LogP contribution is -2.29. The molecule has 0 spiro atoms. The maximum absolute atomic E-state index is 5.05. The molecule has 1 heterocycles. The summed E-state index contributed by atoms with van der Waals surface area (Å²) < 4.78 is 10.1. The van der Waals surface area contributed by atoms with Gasteiger partial charge >= 0.3 is 12.0 Å². The summed E-state index contributed by atoms with van der Waals surface area (Å²) in [7, 11) is 3.06. The standard InChI is InChI=1S/C10H15BrN4O2/c1-16-9-12-8(13-10(14-9)17-2)15(6-5-11)7-3-4-7/h7H,3-6H2,1-2H3. The fourth-order valence-electron chi connectivity index (χ4n) is 1.56. The zero-order valence-electron chi connectivity index (χ0n) is 9.89. The van der Waals surface area contributed by atoms with Crippen molar-refractivity contribution >= 4 is 21.9 Å². The van der Waals surface area contributed by atoms with E-state index < -0.39 is 0 Å². The van der Waals surface area contributed by atoms with Gasteiger partial charge < -0.3 is 14.4 Å². The molecule has 0 bridgehead atoms. The van der Waals surface area contributed by atoms with Crippen LogP contribution >= 0.6 is 15.9 Å². The number of nitrogens with zero attached hydrogens (tertiary/aromatic N) is 4. The lowest BCUT2D eigenvalue weighted by Gasteiger charge is -2.21. The first-order chi connectivity index (χ1) is 8.28. The van der Waals surface area contributed by atoms with Crippen LogP contribution < -0.4 is 14.4 Å². The van der Waals surface area contributed by atoms with Crippen LogP contribution in [0.25, 0.3) is 0 Å². The largest absolute Gasteiger partial charge is 0.467 e. The van der Waals surface area contributed by atoms with Gasteiger partial charge in [-0.15, -0.1) is 4.98 Å². The molecule has 1 aliphatic rings. The summed E-state index contributed by atoms with van der Waals surface area (Å²) in [5.41, 5.74) is 0. The van der Waals surface area contributed by atoms with Gasteiger partial charge in [0.2, 0.25) is 5.95 Å². The first-order valence-corrected chi connectivity index (χ1v) is 6.57. The van der Waals surface area contributed by atoms with Crippen molar-refractivity contribution < 1.29 is 9.47 Å². The van der Waals surface area contributed by atoms with Crippen LogP contribution in [0.2, 0.25) is 0 Å². The molecule has 1 aromatic heterocycles. The van der Waals surface area contributed by atoms with E-state index in [-0.39, 0.29) is 12.0 Å². The van der Waals surface area contributed by atoms with Gasteiger partial charge in [-0.2, -0.15) is 9.97 Å². The first kappa shape index (κ1) is 12.3. The fourth-order valence-corrected chi connectivity index (χ4v) is 1.94. The number of aromatic nitrogens is 3. The number of ether oxygens (including phenoxy) is 2. The predicted molar refractivity (Wildman–Crippen MR) is 67.1 cm³/mol. The molecule has 1 saturated carbocycles. The summed E-state index contributed by atoms with van der Waals surface area (Å²) in [4.78, 5) is 14.7. The van der Waals surface area contributed by atoms with Crippen LogP contribution in [0.3, 0.4) is 0 Å². The number of alkyl halides is 1. The number of halogens is 1. The molecule has 1 fully saturated rings. The second-order valence-corrected chi connectivity index (χ2v) is 4.52. The lowest BCUT2D eigenvalue weighted by atomic mass is 10.5. The van der Waals surface area contributed by atoms with E-state index in [2.05, 4.69) is 35.8 Å². The van der Waals surface area contributed by atoms with Gasteiger partial charge in [0.1, 0.15) is 0 Å². The van der Waals surface area contributed by atoms with Gasteiger partial charge in [0.05, 0.1) is 14.2 Å². The van der Waals surface area contributed by atoms with E-state index in [0.29, 0.717) is 12.0 Å². The Labute approximate surface area is 108 Å². The average molecular weight is 303 g/mol. The van der Waals surface area contributed by atoms with Gasteiger partial charge in [-0.25, -0.2) is 0 Å². The Bertz CT molecular complexity index is 364. The Hall–Kier alpha value is -1.11. The zero-order chi connectivity index (χ0) is 12.3. The van der Waals surface area contributed by atoms with Crippen LogP contribution in [0.15, 0.2) is 0 Å². The van der Waals surface area contributed by atoms with Crippen molar-refractivity contribution in [1.29, 1.82) is 0 Å². The quantitative estimate of drug-likeness (QED) is 0.737. The van der Waals surface area contributed by atoms with Crippen LogP contribution in [-0.2, 0) is 0 Å². The first-order valence-electron chi connectivity index (χ1n) is 5.45. The number of hydrogen-bond acceptors (Lipinski definition) is 6. The summed E-state index contributed by atoms with van der Waals surface area (Å²) >= 11 is 3.44. The second kappa shape index (κ2) is 5.48. The van der Waals surface area contributed by atoms with Crippen LogP contribution in [0, 0.1) is 0 Å². The normalized spacial score (nSPS) is 14.5. The van der Waals surface area contributed by atoms with E-state index in [1.54, 1.807) is 0 Å². The Morgan fingerprint density at radius 3 is 2.18 bits per heavy atom. The van der Waals surface area contributed by atoms with Crippen molar-refractivity contribution in [3.63, 3.8) is 0 Å². The summed E-state index contributed by atoms with van der Waals surface area (Å²) in [6.07, 6.45) is 2.37. The highest BCUT2D eigenvalue weighted by Crippen LogP contribution is 2.30. The average Bonchev–Trinajstić information content (AvgIpc) is 3.19. The molecule has 0 saturated heterocycles. The molecule has 1 aromatic rings. The predicted octanol–water partition coefficient (Wildman–Crippen LogP) is 1.25. The highest BCUT2D eigenvalue weighted by molar-refractivity contribution is 9.09. The Morgan fingerprint density at radius 2 is 1.76 bits per heavy atom. The minimum atomic E-state index is 0.284. The van der Waals surface area contributed by atoms with Crippen LogP contribution in [0.4, 0.5) is 5.95 Å². The molecule has 2 rings (SSSR count). The summed E-state index contributed by atoms with van der Waals surface area (Å²) in [5, 5.41) is 0.875. The van der Waals surface area contributed by atoms with Crippen molar-refractivity contribution in [2.75, 3.05) is 31.0 Å². The highest BCUT2D eigenvalue weighted by atomic mass is 79.9. The van der Waals surface area contributed by atoms with Gasteiger partial charge in [0.25, 0.3) is 0 Å². The van der Waals surface area contributed by atoms with Crippen molar-refractivity contribution in [2.45, 2.75) is 18.9 Å². The molecular formula is C10H15BrN4O2. The lowest BCUT2D eigenvalue weighted by molar-refractivity contribution is 0.340. The molecule has 1 aliphatic carbocycles. The molecule has 0 aliphatic heterocycles. The third-order valence-electron chi connectivity index (χ3n) is 2.52. The molecule has 0 N–H and O–H groups in total. The van der Waals surface area contributed by atoms with Crippen LogP contribution in [0.1, 0.15) is 12.8 Å². The van der Waals surface area contributed by atoms with Gasteiger partial charge in [-0.1, -0.05) is 15.9 Å². The van der Waals surface area contributed by atoms with Gasteiger partial charge in [0, 0.05) is 17.9 Å². The number of anilines is 1. The highest BCUT2D eigenvalue weighted by Gasteiger charge is 2.31. The smallest absolute Gasteiger partial charge is 0.324 e. The monoisotopic (exact) mass is 302 g/mol. The minimum Gasteiger partial charge on any atom is -0.467 e. The second-order valence-electron chi connectivity index (χ2n) is 3.72. The fraction of sp³-hybridized carbons (Fsp3) is 0.700. The zero-order valence-corrected chi connectivity index (χ0v) is 11.5. The molecule has 0 unspecified atom stereocenters. The SMILES string of the molecule is COc1nc(OC)nc(N(CCBr)C2CC2)n1. The third-order valence-corrected chi connectivity index (χ3v) is 2.87. The number of methoxy groups -OCH3 is 2. The van der Waals surface area contributed by atoms with Crippen molar-refractivity contribution in [3.8, 4) is 12.0 Å². The molecule has 0 amide bonds. The topological polar surface area (TPSA) is 60.4 Å². The maximum Gasteiger partial charge on any atom is 0.324 e.